The number of nitrogens with one attached hydrogen (secondary N) is 1. The van der Waals surface area contributed by atoms with Crippen molar-refractivity contribution in [2.75, 3.05) is 7.11 Å². The van der Waals surface area contributed by atoms with Crippen molar-refractivity contribution < 1.29 is 14.3 Å². The van der Waals surface area contributed by atoms with Crippen LogP contribution >= 0.6 is 22.6 Å². The number of amides is 1. The van der Waals surface area contributed by atoms with Crippen LogP contribution in [0.2, 0.25) is 0 Å². The lowest BCUT2D eigenvalue weighted by molar-refractivity contribution is 0.0955. The van der Waals surface area contributed by atoms with Gasteiger partial charge in [-0.2, -0.15) is 5.10 Å². The zero-order valence-corrected chi connectivity index (χ0v) is 24.3. The number of carbonyl (C=O) groups excluding carboxylic acids is 1. The molecule has 40 heavy (non-hydrogen) atoms. The highest BCUT2D eigenvalue weighted by atomic mass is 127. The molecule has 0 bridgehead atoms. The van der Waals surface area contributed by atoms with Crippen LogP contribution in [0.4, 0.5) is 0 Å². The van der Waals surface area contributed by atoms with E-state index in [-0.39, 0.29) is 5.91 Å². The number of benzene rings is 4. The van der Waals surface area contributed by atoms with Gasteiger partial charge < -0.3 is 14.0 Å². The normalized spacial score (nSPS) is 11.0. The van der Waals surface area contributed by atoms with Crippen LogP contribution in [0, 0.1) is 10.5 Å². The molecule has 0 saturated carbocycles. The van der Waals surface area contributed by atoms with Crippen molar-refractivity contribution >= 4 is 34.7 Å². The van der Waals surface area contributed by atoms with Crippen LogP contribution < -0.4 is 14.9 Å². The summed E-state index contributed by atoms with van der Waals surface area (Å²) in [5.41, 5.74) is 9.31. The molecule has 0 atom stereocenters. The lowest BCUT2D eigenvalue weighted by Crippen LogP contribution is -2.17. The Morgan fingerprint density at radius 3 is 2.33 bits per heavy atom. The third-order valence-corrected chi connectivity index (χ3v) is 7.19. The number of rotatable bonds is 9. The van der Waals surface area contributed by atoms with Crippen molar-refractivity contribution in [3.63, 3.8) is 0 Å². The third kappa shape index (κ3) is 6.26. The van der Waals surface area contributed by atoms with Crippen LogP contribution in [0.5, 0.6) is 11.5 Å². The number of nitrogens with zero attached hydrogens (tertiary/aromatic N) is 2. The lowest BCUT2D eigenvalue weighted by atomic mass is 10.1. The minimum Gasteiger partial charge on any atom is -0.493 e. The van der Waals surface area contributed by atoms with E-state index in [1.54, 1.807) is 25.5 Å². The highest BCUT2D eigenvalue weighted by molar-refractivity contribution is 14.1. The van der Waals surface area contributed by atoms with Gasteiger partial charge in [-0.3, -0.25) is 4.79 Å². The molecule has 1 amide bonds. The van der Waals surface area contributed by atoms with E-state index in [9.17, 15) is 4.79 Å². The molecule has 0 aliphatic rings. The fourth-order valence-electron chi connectivity index (χ4n) is 4.39. The maximum absolute atomic E-state index is 12.8. The predicted molar refractivity (Wildman–Crippen MR) is 167 cm³/mol. The van der Waals surface area contributed by atoms with Gasteiger partial charge in [0.2, 0.25) is 0 Å². The first kappa shape index (κ1) is 27.2. The Morgan fingerprint density at radius 1 is 0.925 bits per heavy atom. The zero-order valence-electron chi connectivity index (χ0n) is 22.2. The van der Waals surface area contributed by atoms with Crippen LogP contribution in [0.1, 0.15) is 27.2 Å². The molecule has 1 N–H and O–H groups in total. The van der Waals surface area contributed by atoms with E-state index < -0.39 is 0 Å². The van der Waals surface area contributed by atoms with Gasteiger partial charge in [-0.1, -0.05) is 60.7 Å². The molecule has 200 valence electrons. The van der Waals surface area contributed by atoms with Gasteiger partial charge in [0.1, 0.15) is 6.61 Å². The number of carbonyl (C=O) groups is 1. The molecule has 0 unspecified atom stereocenters. The zero-order chi connectivity index (χ0) is 27.9. The maximum atomic E-state index is 12.8. The molecular weight excluding hydrogens is 613 g/mol. The van der Waals surface area contributed by atoms with Crippen LogP contribution in [0.3, 0.4) is 0 Å². The second-order valence-corrected chi connectivity index (χ2v) is 10.3. The highest BCUT2D eigenvalue weighted by Crippen LogP contribution is 2.34. The number of ether oxygens (including phenoxy) is 2. The van der Waals surface area contributed by atoms with Gasteiger partial charge in [-0.15, -0.1) is 0 Å². The summed E-state index contributed by atoms with van der Waals surface area (Å²) in [4.78, 5) is 12.8. The Balaban J connectivity index is 1.25. The van der Waals surface area contributed by atoms with Crippen LogP contribution in [-0.4, -0.2) is 23.8 Å². The van der Waals surface area contributed by atoms with Gasteiger partial charge in [-0.25, -0.2) is 5.43 Å². The van der Waals surface area contributed by atoms with Crippen molar-refractivity contribution in [1.82, 2.24) is 9.99 Å². The molecule has 0 aliphatic carbocycles. The fourth-order valence-corrected chi connectivity index (χ4v) is 5.17. The molecule has 6 nitrogen and oxygen atoms in total. The summed E-state index contributed by atoms with van der Waals surface area (Å²) in [7, 11) is 1.60. The van der Waals surface area contributed by atoms with E-state index in [2.05, 4.69) is 68.9 Å². The summed E-state index contributed by atoms with van der Waals surface area (Å²) < 4.78 is 14.6. The lowest BCUT2D eigenvalue weighted by Gasteiger charge is -2.13. The molecule has 0 saturated heterocycles. The molecule has 1 heterocycles. The number of methoxy groups -OCH3 is 1. The Hall–Kier alpha value is -4.37. The minimum absolute atomic E-state index is 0.292. The Morgan fingerprint density at radius 2 is 1.62 bits per heavy atom. The first-order chi connectivity index (χ1) is 19.5. The molecule has 7 heteroatoms. The fraction of sp³-hybridized carbons (Fsp3) is 0.0909. The number of halogens is 1. The number of aromatic nitrogens is 1. The van der Waals surface area contributed by atoms with Gasteiger partial charge >= 0.3 is 0 Å². The molecule has 0 radical (unpaired) electrons. The topological polar surface area (TPSA) is 64.8 Å². The maximum Gasteiger partial charge on any atom is 0.271 e. The Bertz CT molecular complexity index is 1630. The largest absolute Gasteiger partial charge is 0.493 e. The van der Waals surface area contributed by atoms with E-state index in [0.29, 0.717) is 23.7 Å². The summed E-state index contributed by atoms with van der Waals surface area (Å²) in [5, 5.41) is 4.17. The van der Waals surface area contributed by atoms with Crippen molar-refractivity contribution in [3.05, 3.63) is 135 Å². The molecule has 0 spiro atoms. The van der Waals surface area contributed by atoms with Gasteiger partial charge in [0.15, 0.2) is 11.5 Å². The molecule has 5 aromatic rings. The predicted octanol–water partition coefficient (Wildman–Crippen LogP) is 7.41. The van der Waals surface area contributed by atoms with Crippen LogP contribution in [-0.2, 0) is 6.61 Å². The molecule has 5 rings (SSSR count). The summed E-state index contributed by atoms with van der Waals surface area (Å²) in [6, 6.07) is 35.7. The highest BCUT2D eigenvalue weighted by Gasteiger charge is 2.13. The first-order valence-electron chi connectivity index (χ1n) is 12.8. The number of hydrogen-bond donors (Lipinski definition) is 1. The molecule has 0 fully saturated rings. The second-order valence-electron chi connectivity index (χ2n) is 9.12. The SMILES string of the molecule is COc1cc(/C=N/NC(=O)c2ccc(-n3c(C)ccc3-c3ccccc3)cc2)cc(I)c1OCc1ccccc1. The Kier molecular flexibility index (Phi) is 8.61. The van der Waals surface area contributed by atoms with Gasteiger partial charge in [0, 0.05) is 16.9 Å². The third-order valence-electron chi connectivity index (χ3n) is 6.39. The van der Waals surface area contributed by atoms with Gasteiger partial charge in [0.05, 0.1) is 22.6 Å². The summed E-state index contributed by atoms with van der Waals surface area (Å²) in [6.07, 6.45) is 1.59. The first-order valence-corrected chi connectivity index (χ1v) is 13.8. The van der Waals surface area contributed by atoms with Crippen molar-refractivity contribution in [1.29, 1.82) is 0 Å². The van der Waals surface area contributed by atoms with E-state index in [1.165, 1.54) is 0 Å². The average Bonchev–Trinajstić information content (AvgIpc) is 3.38. The van der Waals surface area contributed by atoms with Crippen molar-refractivity contribution in [2.45, 2.75) is 13.5 Å². The van der Waals surface area contributed by atoms with Crippen molar-refractivity contribution in [2.24, 2.45) is 5.10 Å². The number of hydrazone groups is 1. The quantitative estimate of drug-likeness (QED) is 0.104. The van der Waals surface area contributed by atoms with Gasteiger partial charge in [-0.05, 0) is 94.7 Å². The Labute approximate surface area is 247 Å². The standard InChI is InChI=1S/C33H28IN3O3/c1-23-13-18-30(26-11-7-4-8-12-26)37(23)28-16-14-27(15-17-28)33(38)36-35-21-25-19-29(34)32(31(20-25)39-2)40-22-24-9-5-3-6-10-24/h3-21H,22H2,1-2H3,(H,36,38)/b35-21+. The number of hydrogen-bond acceptors (Lipinski definition) is 4. The van der Waals surface area contributed by atoms with E-state index in [4.69, 9.17) is 9.47 Å². The average molecular weight is 642 g/mol. The second kappa shape index (κ2) is 12.7. The molecule has 4 aromatic carbocycles. The van der Waals surface area contributed by atoms with Gasteiger partial charge in [0.25, 0.3) is 5.91 Å². The number of aryl methyl sites for hydroxylation is 1. The van der Waals surface area contributed by atoms with Crippen molar-refractivity contribution in [3.8, 4) is 28.4 Å². The summed E-state index contributed by atoms with van der Waals surface area (Å²) in [6.45, 7) is 2.51. The van der Waals surface area contributed by atoms with Crippen LogP contribution in [0.25, 0.3) is 16.9 Å². The smallest absolute Gasteiger partial charge is 0.271 e. The van der Waals surface area contributed by atoms with Crippen LogP contribution in [0.15, 0.2) is 114 Å². The summed E-state index contributed by atoms with van der Waals surface area (Å²) in [5.74, 6) is 0.975. The summed E-state index contributed by atoms with van der Waals surface area (Å²) >= 11 is 2.21. The minimum atomic E-state index is -0.292. The molecule has 1 aromatic heterocycles. The monoisotopic (exact) mass is 641 g/mol. The van der Waals surface area contributed by atoms with E-state index >= 15 is 0 Å². The molecule has 0 aliphatic heterocycles. The molecular formula is C33H28IN3O3. The van der Waals surface area contributed by atoms with E-state index in [1.807, 2.05) is 72.8 Å². The van der Waals surface area contributed by atoms with E-state index in [0.717, 1.165) is 37.3 Å².